The van der Waals surface area contributed by atoms with E-state index in [0.717, 1.165) is 5.56 Å². The highest BCUT2D eigenvalue weighted by atomic mass is 35.5. The minimum atomic E-state index is -0.0910. The maximum atomic E-state index is 9.25. The number of benzene rings is 1. The molecule has 78 valence electrons. The summed E-state index contributed by atoms with van der Waals surface area (Å²) in [6.07, 6.45) is 2.34. The molecule has 1 aromatic carbocycles. The Hall–Kier alpha value is -0.930. The van der Waals surface area contributed by atoms with Crippen LogP contribution in [0.3, 0.4) is 0 Å². The lowest BCUT2D eigenvalue weighted by atomic mass is 10.0. The average Bonchev–Trinajstić information content (AvgIpc) is 2.91. The molecule has 1 saturated carbocycles. The van der Waals surface area contributed by atoms with Crippen LogP contribution in [0.15, 0.2) is 18.2 Å². The van der Waals surface area contributed by atoms with Crippen molar-refractivity contribution in [2.75, 3.05) is 0 Å². The number of rotatable bonds is 2. The minimum absolute atomic E-state index is 0. The number of phenolic OH excluding ortho intramolecular Hbond substituents is 2. The molecule has 1 aliphatic rings. The Morgan fingerprint density at radius 1 is 1.21 bits per heavy atom. The van der Waals surface area contributed by atoms with Gasteiger partial charge < -0.3 is 15.9 Å². The zero-order chi connectivity index (χ0) is 9.42. The van der Waals surface area contributed by atoms with Crippen LogP contribution in [0.2, 0.25) is 0 Å². The molecule has 3 nitrogen and oxygen atoms in total. The van der Waals surface area contributed by atoms with E-state index < -0.39 is 0 Å². The van der Waals surface area contributed by atoms with Crippen molar-refractivity contribution < 1.29 is 10.2 Å². The lowest BCUT2D eigenvalue weighted by Gasteiger charge is -2.10. The zero-order valence-corrected chi connectivity index (χ0v) is 8.50. The van der Waals surface area contributed by atoms with Crippen LogP contribution in [-0.2, 0) is 0 Å². The topological polar surface area (TPSA) is 66.5 Å². The van der Waals surface area contributed by atoms with Crippen molar-refractivity contribution in [1.82, 2.24) is 0 Å². The lowest BCUT2D eigenvalue weighted by Crippen LogP contribution is -2.11. The van der Waals surface area contributed by atoms with Gasteiger partial charge in [0.25, 0.3) is 0 Å². The molecule has 1 fully saturated rings. The predicted octanol–water partition coefficient (Wildman–Crippen LogP) is 1.93. The SMILES string of the molecule is Cl.N[C@@H](c1ccc(O)c(O)c1)C1CC1. The third-order valence-corrected chi connectivity index (χ3v) is 2.51. The Balaban J connectivity index is 0.000000980. The highest BCUT2D eigenvalue weighted by Gasteiger charge is 2.29. The molecule has 2 rings (SSSR count). The molecule has 14 heavy (non-hydrogen) atoms. The van der Waals surface area contributed by atoms with Crippen LogP contribution in [0.5, 0.6) is 11.5 Å². The fourth-order valence-corrected chi connectivity index (χ4v) is 1.48. The molecule has 0 saturated heterocycles. The second-order valence-electron chi connectivity index (χ2n) is 3.61. The monoisotopic (exact) mass is 215 g/mol. The fourth-order valence-electron chi connectivity index (χ4n) is 1.48. The highest BCUT2D eigenvalue weighted by Crippen LogP contribution is 2.40. The van der Waals surface area contributed by atoms with Crippen molar-refractivity contribution in [3.8, 4) is 11.5 Å². The Labute approximate surface area is 89.0 Å². The molecule has 0 amide bonds. The van der Waals surface area contributed by atoms with Crippen molar-refractivity contribution in [2.45, 2.75) is 18.9 Å². The van der Waals surface area contributed by atoms with E-state index in [1.807, 2.05) is 0 Å². The summed E-state index contributed by atoms with van der Waals surface area (Å²) < 4.78 is 0. The normalized spacial score (nSPS) is 17.2. The molecule has 4 N–H and O–H groups in total. The fraction of sp³-hybridized carbons (Fsp3) is 0.400. The van der Waals surface area contributed by atoms with Crippen molar-refractivity contribution in [3.05, 3.63) is 23.8 Å². The predicted molar refractivity (Wildman–Crippen MR) is 56.7 cm³/mol. The van der Waals surface area contributed by atoms with Crippen molar-refractivity contribution in [1.29, 1.82) is 0 Å². The van der Waals surface area contributed by atoms with Gasteiger partial charge in [-0.1, -0.05) is 6.07 Å². The summed E-state index contributed by atoms with van der Waals surface area (Å²) in [6.45, 7) is 0. The second-order valence-corrected chi connectivity index (χ2v) is 3.61. The van der Waals surface area contributed by atoms with Crippen LogP contribution >= 0.6 is 12.4 Å². The maximum Gasteiger partial charge on any atom is 0.157 e. The molecule has 0 unspecified atom stereocenters. The van der Waals surface area contributed by atoms with Gasteiger partial charge in [0.15, 0.2) is 11.5 Å². The Morgan fingerprint density at radius 2 is 1.86 bits per heavy atom. The summed E-state index contributed by atoms with van der Waals surface area (Å²) in [5, 5.41) is 18.3. The molecule has 0 radical (unpaired) electrons. The van der Waals surface area contributed by atoms with Crippen molar-refractivity contribution in [2.24, 2.45) is 11.7 Å². The first-order valence-electron chi connectivity index (χ1n) is 4.46. The largest absolute Gasteiger partial charge is 0.504 e. The van der Waals surface area contributed by atoms with Gasteiger partial charge in [-0.05, 0) is 36.5 Å². The highest BCUT2D eigenvalue weighted by molar-refractivity contribution is 5.85. The number of phenols is 2. The average molecular weight is 216 g/mol. The van der Waals surface area contributed by atoms with Crippen LogP contribution < -0.4 is 5.73 Å². The van der Waals surface area contributed by atoms with Crippen LogP contribution in [0.1, 0.15) is 24.4 Å². The van der Waals surface area contributed by atoms with E-state index in [1.165, 1.54) is 18.9 Å². The second kappa shape index (κ2) is 4.07. The van der Waals surface area contributed by atoms with E-state index in [9.17, 15) is 5.11 Å². The molecule has 4 heteroatoms. The van der Waals surface area contributed by atoms with Gasteiger partial charge in [-0.2, -0.15) is 0 Å². The van der Waals surface area contributed by atoms with Gasteiger partial charge >= 0.3 is 0 Å². The molecule has 0 heterocycles. The zero-order valence-electron chi connectivity index (χ0n) is 7.68. The van der Waals surface area contributed by atoms with E-state index in [1.54, 1.807) is 12.1 Å². The van der Waals surface area contributed by atoms with E-state index in [-0.39, 0.29) is 29.9 Å². The van der Waals surface area contributed by atoms with Gasteiger partial charge in [0.1, 0.15) is 0 Å². The van der Waals surface area contributed by atoms with Gasteiger partial charge in [0.2, 0.25) is 0 Å². The van der Waals surface area contributed by atoms with Crippen LogP contribution in [0.4, 0.5) is 0 Å². The van der Waals surface area contributed by atoms with Gasteiger partial charge in [-0.3, -0.25) is 0 Å². The van der Waals surface area contributed by atoms with Gasteiger partial charge in [-0.25, -0.2) is 0 Å². The number of hydrogen-bond donors (Lipinski definition) is 3. The molecule has 0 spiro atoms. The number of aromatic hydroxyl groups is 2. The molecule has 1 aliphatic carbocycles. The Kier molecular flexibility index (Phi) is 3.24. The summed E-state index contributed by atoms with van der Waals surface area (Å²) in [5.74, 6) is 0.379. The first kappa shape index (κ1) is 11.1. The Bertz CT molecular complexity index is 326. The molecular weight excluding hydrogens is 202 g/mol. The van der Waals surface area contributed by atoms with E-state index in [4.69, 9.17) is 10.8 Å². The standard InChI is InChI=1S/C10H13NO2.ClH/c11-10(6-1-2-6)7-3-4-8(12)9(13)5-7;/h3-6,10,12-13H,1-2,11H2;1H/t10-;/m1./s1. The third kappa shape index (κ3) is 2.11. The van der Waals surface area contributed by atoms with Gasteiger partial charge in [0, 0.05) is 6.04 Å². The molecule has 1 aromatic rings. The quantitative estimate of drug-likeness (QED) is 0.661. The third-order valence-electron chi connectivity index (χ3n) is 2.51. The summed E-state index contributed by atoms with van der Waals surface area (Å²) >= 11 is 0. The van der Waals surface area contributed by atoms with Crippen LogP contribution in [-0.4, -0.2) is 10.2 Å². The van der Waals surface area contributed by atoms with Crippen LogP contribution in [0, 0.1) is 5.92 Å². The number of nitrogens with two attached hydrogens (primary N) is 1. The minimum Gasteiger partial charge on any atom is -0.504 e. The first-order valence-corrected chi connectivity index (χ1v) is 4.46. The summed E-state index contributed by atoms with van der Waals surface area (Å²) in [4.78, 5) is 0. The lowest BCUT2D eigenvalue weighted by molar-refractivity contribution is 0.402. The smallest absolute Gasteiger partial charge is 0.157 e. The van der Waals surface area contributed by atoms with Gasteiger partial charge in [-0.15, -0.1) is 12.4 Å². The number of halogens is 1. The van der Waals surface area contributed by atoms with Crippen molar-refractivity contribution in [3.63, 3.8) is 0 Å². The molecule has 0 bridgehead atoms. The summed E-state index contributed by atoms with van der Waals surface area (Å²) in [5.41, 5.74) is 6.83. The molecule has 1 atom stereocenters. The molecule has 0 aliphatic heterocycles. The summed E-state index contributed by atoms with van der Waals surface area (Å²) in [7, 11) is 0. The van der Waals surface area contributed by atoms with Crippen molar-refractivity contribution >= 4 is 12.4 Å². The van der Waals surface area contributed by atoms with Gasteiger partial charge in [0.05, 0.1) is 0 Å². The Morgan fingerprint density at radius 3 is 2.36 bits per heavy atom. The van der Waals surface area contributed by atoms with E-state index >= 15 is 0 Å². The van der Waals surface area contributed by atoms with E-state index in [0.29, 0.717) is 5.92 Å². The maximum absolute atomic E-state index is 9.25. The molecule has 0 aromatic heterocycles. The van der Waals surface area contributed by atoms with Crippen LogP contribution in [0.25, 0.3) is 0 Å². The molecular formula is C10H14ClNO2. The van der Waals surface area contributed by atoms with E-state index in [2.05, 4.69) is 0 Å². The number of hydrogen-bond acceptors (Lipinski definition) is 3. The summed E-state index contributed by atoms with van der Waals surface area (Å²) in [6, 6.07) is 4.79. The first-order chi connectivity index (χ1) is 6.18.